The topological polar surface area (TPSA) is 142 Å². The van der Waals surface area contributed by atoms with Crippen molar-refractivity contribution in [3.63, 3.8) is 0 Å². The zero-order valence-electron chi connectivity index (χ0n) is 46.0. The Labute approximate surface area is 427 Å². The van der Waals surface area contributed by atoms with Gasteiger partial charge in [-0.25, -0.2) is 14.4 Å². The summed E-state index contributed by atoms with van der Waals surface area (Å²) in [5.74, 6) is -0.00394. The number of para-hydroxylation sites is 2. The fourth-order valence-corrected chi connectivity index (χ4v) is 8.27. The molecule has 0 radical (unpaired) electrons. The number of carbonyl (C=O) groups is 4. The molecule has 2 aromatic rings. The average molecular weight is 983 g/mol. The van der Waals surface area contributed by atoms with Gasteiger partial charge in [-0.15, -0.1) is 0 Å². The third-order valence-electron chi connectivity index (χ3n) is 12.1. The van der Waals surface area contributed by atoms with Crippen LogP contribution >= 0.6 is 0 Å². The summed E-state index contributed by atoms with van der Waals surface area (Å²) in [6.07, 6.45) is 14.6. The van der Waals surface area contributed by atoms with Gasteiger partial charge in [0.25, 0.3) is 0 Å². The van der Waals surface area contributed by atoms with Gasteiger partial charge >= 0.3 is 18.3 Å². The number of alkyl carbamates (subject to hydrolysis) is 1. The van der Waals surface area contributed by atoms with Crippen molar-refractivity contribution < 1.29 is 33.4 Å². The van der Waals surface area contributed by atoms with Gasteiger partial charge in [-0.2, -0.15) is 0 Å². The van der Waals surface area contributed by atoms with E-state index in [2.05, 4.69) is 141 Å². The van der Waals surface area contributed by atoms with Gasteiger partial charge in [-0.05, 0) is 136 Å². The molecule has 0 aromatic heterocycles. The van der Waals surface area contributed by atoms with E-state index in [4.69, 9.17) is 14.2 Å². The van der Waals surface area contributed by atoms with Gasteiger partial charge in [0, 0.05) is 87.2 Å². The van der Waals surface area contributed by atoms with Crippen LogP contribution in [0.1, 0.15) is 153 Å². The number of benzene rings is 2. The van der Waals surface area contributed by atoms with Crippen LogP contribution in [0.5, 0.6) is 0 Å². The van der Waals surface area contributed by atoms with Crippen LogP contribution in [0.4, 0.5) is 25.8 Å². The summed E-state index contributed by atoms with van der Waals surface area (Å²) < 4.78 is 16.7. The van der Waals surface area contributed by atoms with Crippen LogP contribution in [0.2, 0.25) is 0 Å². The lowest BCUT2D eigenvalue weighted by Gasteiger charge is -2.29. The third-order valence-corrected chi connectivity index (χ3v) is 12.1. The van der Waals surface area contributed by atoms with Crippen LogP contribution in [0, 0.1) is 0 Å². The van der Waals surface area contributed by atoms with Crippen LogP contribution in [0.15, 0.2) is 96.8 Å². The van der Waals surface area contributed by atoms with Crippen molar-refractivity contribution in [3.05, 3.63) is 108 Å². The molecule has 0 spiro atoms. The standard InChI is InChI=1S/C58H90N6O7/c1-44(30-18-16-19-35-49-58(13,14)46-32-22-24-34-48(46)62(49)15)57(11,12)45-31-21-23-33-47(45)59-37-25-17-20-36-50(65)60-38-28-42-63(52(67)70-55(5,6)7)40-26-27-41-64(53(68)71-56(8,9)10)43-29-39-61-51(66)69-54(2,3)4/h16,18-19,21-24,30-35,59H,1,17,20,25-29,36-43H2,2-15H3,(H,60,65)(H,61,66)/b19-16+,30-18+,49-35+. The number of unbranched alkanes of at least 4 members (excludes halogenated alkanes) is 3. The summed E-state index contributed by atoms with van der Waals surface area (Å²) in [5.41, 5.74) is 4.83. The first kappa shape index (κ1) is 59.6. The molecular formula is C58H90N6O7. The molecule has 0 atom stereocenters. The molecule has 1 aliphatic rings. The van der Waals surface area contributed by atoms with E-state index in [0.29, 0.717) is 71.4 Å². The first-order valence-electron chi connectivity index (χ1n) is 25.7. The Morgan fingerprint density at radius 2 is 1.17 bits per heavy atom. The Balaban J connectivity index is 1.41. The molecule has 3 rings (SSSR count). The molecule has 1 aliphatic heterocycles. The van der Waals surface area contributed by atoms with Crippen LogP contribution in [-0.4, -0.2) is 104 Å². The van der Waals surface area contributed by atoms with Gasteiger partial charge in [0.1, 0.15) is 16.8 Å². The van der Waals surface area contributed by atoms with E-state index in [1.54, 1.807) is 30.6 Å². The number of carbonyl (C=O) groups excluding carboxylic acids is 4. The van der Waals surface area contributed by atoms with Crippen LogP contribution < -0.4 is 20.9 Å². The van der Waals surface area contributed by atoms with Crippen LogP contribution in [0.3, 0.4) is 0 Å². The lowest BCUT2D eigenvalue weighted by atomic mass is 9.77. The van der Waals surface area contributed by atoms with Gasteiger partial charge in [-0.1, -0.05) is 101 Å². The molecule has 13 nitrogen and oxygen atoms in total. The summed E-state index contributed by atoms with van der Waals surface area (Å²) in [6.45, 7) is 33.0. The molecule has 0 saturated carbocycles. The highest BCUT2D eigenvalue weighted by Crippen LogP contribution is 2.46. The number of rotatable bonds is 25. The van der Waals surface area contributed by atoms with Crippen molar-refractivity contribution >= 4 is 35.6 Å². The molecule has 394 valence electrons. The quantitative estimate of drug-likeness (QED) is 0.0503. The monoisotopic (exact) mass is 983 g/mol. The normalized spacial score (nSPS) is 14.3. The van der Waals surface area contributed by atoms with E-state index in [9.17, 15) is 19.2 Å². The summed E-state index contributed by atoms with van der Waals surface area (Å²) in [7, 11) is 2.13. The van der Waals surface area contributed by atoms with Gasteiger partial charge in [0.15, 0.2) is 0 Å². The van der Waals surface area contributed by atoms with Crippen LogP contribution in [-0.2, 0) is 29.8 Å². The Bertz CT molecular complexity index is 2150. The maximum Gasteiger partial charge on any atom is 0.410 e. The first-order chi connectivity index (χ1) is 33.1. The van der Waals surface area contributed by atoms with E-state index < -0.39 is 35.1 Å². The molecule has 71 heavy (non-hydrogen) atoms. The molecule has 0 bridgehead atoms. The highest BCUT2D eigenvalue weighted by atomic mass is 16.6. The minimum Gasteiger partial charge on any atom is -0.444 e. The molecule has 1 heterocycles. The Morgan fingerprint density at radius 3 is 1.75 bits per heavy atom. The van der Waals surface area contributed by atoms with Crippen molar-refractivity contribution in [3.8, 4) is 0 Å². The second-order valence-electron chi connectivity index (χ2n) is 22.6. The maximum absolute atomic E-state index is 13.2. The molecular weight excluding hydrogens is 893 g/mol. The molecule has 2 aromatic carbocycles. The van der Waals surface area contributed by atoms with Crippen molar-refractivity contribution in [2.45, 2.75) is 169 Å². The summed E-state index contributed by atoms with van der Waals surface area (Å²) in [6, 6.07) is 17.0. The zero-order valence-corrected chi connectivity index (χ0v) is 46.0. The number of allylic oxidation sites excluding steroid dienone is 7. The molecule has 0 fully saturated rings. The molecule has 13 heteroatoms. The summed E-state index contributed by atoms with van der Waals surface area (Å²) in [4.78, 5) is 56.8. The predicted molar refractivity (Wildman–Crippen MR) is 291 cm³/mol. The fourth-order valence-electron chi connectivity index (χ4n) is 8.27. The van der Waals surface area contributed by atoms with Crippen molar-refractivity contribution in [1.29, 1.82) is 0 Å². The highest BCUT2D eigenvalue weighted by molar-refractivity contribution is 5.76. The van der Waals surface area contributed by atoms with E-state index in [0.717, 1.165) is 37.1 Å². The number of hydrogen-bond donors (Lipinski definition) is 3. The van der Waals surface area contributed by atoms with Crippen molar-refractivity contribution in [2.75, 3.05) is 63.1 Å². The Morgan fingerprint density at radius 1 is 0.634 bits per heavy atom. The first-order valence-corrected chi connectivity index (χ1v) is 25.7. The zero-order chi connectivity index (χ0) is 53.0. The molecule has 0 unspecified atom stereocenters. The Hall–Kier alpha value is -5.72. The van der Waals surface area contributed by atoms with Gasteiger partial charge in [0.2, 0.25) is 5.91 Å². The second kappa shape index (κ2) is 27.2. The van der Waals surface area contributed by atoms with Gasteiger partial charge in [0.05, 0.1) is 0 Å². The maximum atomic E-state index is 13.2. The summed E-state index contributed by atoms with van der Waals surface area (Å²) in [5, 5.41) is 9.41. The lowest BCUT2D eigenvalue weighted by molar-refractivity contribution is -0.121. The van der Waals surface area contributed by atoms with Gasteiger partial charge in [-0.3, -0.25) is 4.79 Å². The second-order valence-corrected chi connectivity index (χ2v) is 22.6. The summed E-state index contributed by atoms with van der Waals surface area (Å²) >= 11 is 0. The van der Waals surface area contributed by atoms with Crippen LogP contribution in [0.25, 0.3) is 0 Å². The number of nitrogens with one attached hydrogen (secondary N) is 3. The molecule has 0 saturated heterocycles. The fraction of sp³-hybridized carbons (Fsp3) is 0.586. The van der Waals surface area contributed by atoms with E-state index in [1.165, 1.54) is 22.5 Å². The SMILES string of the molecule is C=C(/C=C/C=C/C=C1/N(C)c2ccccc2C1(C)C)C(C)(C)c1ccccc1NCCCCCC(=O)NCCCN(CCCCN(CCCNC(=O)OC(C)(C)C)C(=O)OC(C)(C)C)C(=O)OC(C)(C)C. The minimum absolute atomic E-state index is 0.00394. The van der Waals surface area contributed by atoms with E-state index >= 15 is 0 Å². The van der Waals surface area contributed by atoms with Gasteiger partial charge < -0.3 is 44.9 Å². The smallest absolute Gasteiger partial charge is 0.410 e. The predicted octanol–water partition coefficient (Wildman–Crippen LogP) is 12.6. The van der Waals surface area contributed by atoms with E-state index in [-0.39, 0.29) is 16.7 Å². The van der Waals surface area contributed by atoms with E-state index in [1.807, 2.05) is 41.5 Å². The minimum atomic E-state index is -0.664. The number of nitrogens with zero attached hydrogens (tertiary/aromatic N) is 3. The molecule has 3 N–H and O–H groups in total. The van der Waals surface area contributed by atoms with Crippen molar-refractivity contribution in [1.82, 2.24) is 20.4 Å². The average Bonchev–Trinajstić information content (AvgIpc) is 3.45. The molecule has 4 amide bonds. The number of amides is 4. The third kappa shape index (κ3) is 20.9. The molecule has 0 aliphatic carbocycles. The number of likely N-dealkylation sites (N-methyl/N-ethyl adjacent to an activating group) is 1. The largest absolute Gasteiger partial charge is 0.444 e. The lowest BCUT2D eigenvalue weighted by Crippen LogP contribution is -2.40. The highest BCUT2D eigenvalue weighted by Gasteiger charge is 2.37. The number of hydrogen-bond acceptors (Lipinski definition) is 9. The van der Waals surface area contributed by atoms with Crippen molar-refractivity contribution in [2.24, 2.45) is 0 Å². The number of anilines is 2. The number of ether oxygens (including phenoxy) is 3. The Kier molecular flexibility index (Phi) is 22.8. The number of fused-ring (bicyclic) bond motifs is 1.